The van der Waals surface area contributed by atoms with E-state index in [-0.39, 0.29) is 55.9 Å². The van der Waals surface area contributed by atoms with Crippen molar-refractivity contribution in [3.63, 3.8) is 0 Å². The van der Waals surface area contributed by atoms with Gasteiger partial charge in [-0.2, -0.15) is 32.3 Å². The Labute approximate surface area is 199 Å². The van der Waals surface area contributed by atoms with E-state index >= 15 is 0 Å². The van der Waals surface area contributed by atoms with E-state index < -0.39 is 10.2 Å². The molecule has 186 valence electrons. The lowest BCUT2D eigenvalue weighted by molar-refractivity contribution is 0.182. The molecular formula is C20H31N9O4S. The number of nitriles is 1. The van der Waals surface area contributed by atoms with Gasteiger partial charge >= 0.3 is 0 Å². The molecule has 3 unspecified atom stereocenters. The lowest BCUT2D eigenvalue weighted by Gasteiger charge is -2.43. The molecule has 4 fully saturated rings. The normalized spacial score (nSPS) is 32.2. The Bertz CT molecular complexity index is 1030. The molecule has 4 aliphatic heterocycles. The number of ether oxygens (including phenoxy) is 1. The van der Waals surface area contributed by atoms with Crippen LogP contribution in [0.4, 0.5) is 11.8 Å². The lowest BCUT2D eigenvalue weighted by atomic mass is 10.00. The molecule has 2 bridgehead atoms. The quantitative estimate of drug-likeness (QED) is 0.307. The molecule has 1 aromatic heterocycles. The van der Waals surface area contributed by atoms with Gasteiger partial charge in [-0.05, 0) is 25.7 Å². The molecule has 5 atom stereocenters. The van der Waals surface area contributed by atoms with Gasteiger partial charge in [-0.3, -0.25) is 5.43 Å². The van der Waals surface area contributed by atoms with Crippen molar-refractivity contribution < 1.29 is 18.3 Å². The van der Waals surface area contributed by atoms with Crippen LogP contribution in [-0.2, 0) is 10.2 Å². The minimum atomic E-state index is -3.54. The molecule has 4 aliphatic rings. The van der Waals surface area contributed by atoms with Crippen LogP contribution in [0.5, 0.6) is 5.88 Å². The maximum absolute atomic E-state index is 13.1. The largest absolute Gasteiger partial charge is 0.481 e. The summed E-state index contributed by atoms with van der Waals surface area (Å²) < 4.78 is 34.7. The molecule has 0 amide bonds. The molecule has 5 heterocycles. The maximum Gasteiger partial charge on any atom is 0.282 e. The number of piperidine rings is 1. The maximum atomic E-state index is 13.1. The third-order valence-electron chi connectivity index (χ3n) is 7.06. The van der Waals surface area contributed by atoms with Crippen LogP contribution in [0.3, 0.4) is 0 Å². The van der Waals surface area contributed by atoms with E-state index in [1.165, 1.54) is 4.31 Å². The first-order valence-electron chi connectivity index (χ1n) is 11.7. The van der Waals surface area contributed by atoms with Crippen LogP contribution in [0.1, 0.15) is 32.1 Å². The predicted octanol–water partition coefficient (Wildman–Crippen LogP) is -0.811. The molecule has 13 nitrogen and oxygen atoms in total. The molecule has 0 spiro atoms. The van der Waals surface area contributed by atoms with Gasteiger partial charge < -0.3 is 20.5 Å². The molecule has 5 rings (SSSR count). The zero-order chi connectivity index (χ0) is 23.9. The van der Waals surface area contributed by atoms with Gasteiger partial charge in [0.15, 0.2) is 0 Å². The molecule has 34 heavy (non-hydrogen) atoms. The van der Waals surface area contributed by atoms with Crippen LogP contribution in [-0.4, -0.2) is 89.2 Å². The minimum Gasteiger partial charge on any atom is -0.481 e. The number of nitrogens with zero attached hydrogens (tertiary/aromatic N) is 5. The number of nitrogens with one attached hydrogen (secondary N) is 4. The van der Waals surface area contributed by atoms with Crippen molar-refractivity contribution in [3.8, 4) is 11.9 Å². The molecule has 0 saturated carbocycles. The van der Waals surface area contributed by atoms with Crippen LogP contribution >= 0.6 is 0 Å². The topological polar surface area (TPSA) is 168 Å². The number of aromatic nitrogens is 2. The Morgan fingerprint density at radius 2 is 1.94 bits per heavy atom. The third kappa shape index (κ3) is 4.51. The number of aliphatic hydroxyl groups excluding tert-OH is 1. The molecule has 0 radical (unpaired) electrons. The zero-order valence-electron chi connectivity index (χ0n) is 19.0. The second kappa shape index (κ2) is 9.40. The molecule has 14 heteroatoms. The van der Waals surface area contributed by atoms with Crippen molar-refractivity contribution in [1.82, 2.24) is 29.4 Å². The fourth-order valence-corrected chi connectivity index (χ4v) is 7.48. The van der Waals surface area contributed by atoms with Crippen molar-refractivity contribution in [2.75, 3.05) is 37.4 Å². The number of rotatable bonds is 8. The Morgan fingerprint density at radius 3 is 2.56 bits per heavy atom. The second-order valence-corrected chi connectivity index (χ2v) is 11.2. The highest BCUT2D eigenvalue weighted by atomic mass is 32.2. The van der Waals surface area contributed by atoms with Crippen molar-refractivity contribution in [2.45, 2.75) is 62.4 Å². The van der Waals surface area contributed by atoms with Gasteiger partial charge in [-0.25, -0.2) is 5.43 Å². The van der Waals surface area contributed by atoms with E-state index in [0.717, 1.165) is 12.8 Å². The molecule has 1 aromatic rings. The summed E-state index contributed by atoms with van der Waals surface area (Å²) in [7, 11) is -2.00. The number of fused-ring (bicyclic) bond motifs is 2. The smallest absolute Gasteiger partial charge is 0.282 e. The van der Waals surface area contributed by atoms with E-state index in [1.54, 1.807) is 17.5 Å². The SMILES string of the molecule is COc1cc(NC2CC(CO)NN2)nc(NC2C[C@H]3CC[C@@H](C2)N3S(=O)(=O)N2CC(C#N)C2)n1. The average molecular weight is 494 g/mol. The highest BCUT2D eigenvalue weighted by Crippen LogP contribution is 2.40. The first kappa shape index (κ1) is 23.5. The van der Waals surface area contributed by atoms with E-state index in [4.69, 9.17) is 10.00 Å². The van der Waals surface area contributed by atoms with Crippen molar-refractivity contribution in [3.05, 3.63) is 6.07 Å². The van der Waals surface area contributed by atoms with Crippen molar-refractivity contribution in [1.29, 1.82) is 5.26 Å². The number of anilines is 2. The summed E-state index contributed by atoms with van der Waals surface area (Å²) in [6.07, 6.45) is 3.58. The molecular weight excluding hydrogens is 462 g/mol. The summed E-state index contributed by atoms with van der Waals surface area (Å²) in [6, 6.07) is 3.71. The molecule has 0 aliphatic carbocycles. The van der Waals surface area contributed by atoms with Crippen molar-refractivity contribution in [2.24, 2.45) is 5.92 Å². The highest BCUT2D eigenvalue weighted by molar-refractivity contribution is 7.86. The minimum absolute atomic E-state index is 0.0298. The summed E-state index contributed by atoms with van der Waals surface area (Å²) in [5, 5.41) is 25.0. The van der Waals surface area contributed by atoms with Gasteiger partial charge in [0.1, 0.15) is 5.82 Å². The van der Waals surface area contributed by atoms with Gasteiger partial charge in [0.25, 0.3) is 10.2 Å². The first-order valence-corrected chi connectivity index (χ1v) is 13.1. The zero-order valence-corrected chi connectivity index (χ0v) is 19.8. The number of methoxy groups -OCH3 is 1. The van der Waals surface area contributed by atoms with Gasteiger partial charge in [0, 0.05) is 49.7 Å². The molecule has 5 N–H and O–H groups in total. The monoisotopic (exact) mass is 493 g/mol. The Kier molecular flexibility index (Phi) is 6.49. The number of hydrogen-bond acceptors (Lipinski definition) is 11. The van der Waals surface area contributed by atoms with E-state index in [0.29, 0.717) is 36.9 Å². The average Bonchev–Trinajstić information content (AvgIpc) is 3.35. The van der Waals surface area contributed by atoms with Crippen LogP contribution < -0.4 is 26.2 Å². The van der Waals surface area contributed by atoms with Crippen LogP contribution in [0.2, 0.25) is 0 Å². The Hall–Kier alpha value is -2.28. The summed E-state index contributed by atoms with van der Waals surface area (Å²) in [6.45, 7) is 0.612. The number of aliphatic hydroxyl groups is 1. The van der Waals surface area contributed by atoms with Gasteiger partial charge in [0.2, 0.25) is 11.8 Å². The molecule has 0 aromatic carbocycles. The summed E-state index contributed by atoms with van der Waals surface area (Å²) >= 11 is 0. The van der Waals surface area contributed by atoms with Crippen LogP contribution in [0.25, 0.3) is 0 Å². The fraction of sp³-hybridized carbons (Fsp3) is 0.750. The molecule has 4 saturated heterocycles. The van der Waals surface area contributed by atoms with Crippen LogP contribution in [0, 0.1) is 17.2 Å². The number of hydrogen-bond donors (Lipinski definition) is 5. The highest BCUT2D eigenvalue weighted by Gasteiger charge is 2.51. The van der Waals surface area contributed by atoms with Gasteiger partial charge in [0.05, 0.1) is 31.9 Å². The van der Waals surface area contributed by atoms with E-state index in [9.17, 15) is 13.5 Å². The van der Waals surface area contributed by atoms with Crippen LogP contribution in [0.15, 0.2) is 6.07 Å². The van der Waals surface area contributed by atoms with E-state index in [2.05, 4.69) is 37.5 Å². The standard InChI is InChI=1S/C20H31N9O4S/c1-33-19-7-17(23-18-6-14(11-30)26-27-18)24-20(25-19)22-13-4-15-2-3-16(5-13)29(15)34(31,32)28-9-12(8-21)10-28/h7,12-16,18,26-27,30H,2-6,9-11H2,1H3,(H2,22,23,24,25)/t13?,14?,15-,16+,18?. The number of hydrazine groups is 1. The predicted molar refractivity (Wildman–Crippen MR) is 123 cm³/mol. The fourth-order valence-electron chi connectivity index (χ4n) is 5.34. The summed E-state index contributed by atoms with van der Waals surface area (Å²) in [5.41, 5.74) is 6.10. The third-order valence-corrected chi connectivity index (χ3v) is 9.14. The summed E-state index contributed by atoms with van der Waals surface area (Å²) in [4.78, 5) is 9.01. The first-order chi connectivity index (χ1) is 16.4. The van der Waals surface area contributed by atoms with Gasteiger partial charge in [-0.15, -0.1) is 0 Å². The summed E-state index contributed by atoms with van der Waals surface area (Å²) in [5.74, 6) is 1.22. The lowest BCUT2D eigenvalue weighted by Crippen LogP contribution is -2.59. The Morgan fingerprint density at radius 1 is 1.21 bits per heavy atom. The van der Waals surface area contributed by atoms with Gasteiger partial charge in [-0.1, -0.05) is 0 Å². The van der Waals surface area contributed by atoms with E-state index in [1.807, 2.05) is 0 Å². The second-order valence-electron chi connectivity index (χ2n) is 9.40. The van der Waals surface area contributed by atoms with Crippen molar-refractivity contribution >= 4 is 22.0 Å². The Balaban J connectivity index is 1.24.